The summed E-state index contributed by atoms with van der Waals surface area (Å²) in [5, 5.41) is 1.60. The quantitative estimate of drug-likeness (QED) is 0.660. The standard InChI is InChI=1S/C11H7F3N2O3S2/c12-6-3-4-8(10(14)9(6)13)21(18,19)16-15-11(17)7-2-1-5-20-7/h1-5,16H,(H,15,17). The van der Waals surface area contributed by atoms with Gasteiger partial charge in [-0.2, -0.15) is 0 Å². The van der Waals surface area contributed by atoms with Gasteiger partial charge >= 0.3 is 0 Å². The zero-order chi connectivity index (χ0) is 15.6. The summed E-state index contributed by atoms with van der Waals surface area (Å²) in [5.74, 6) is -6.07. The van der Waals surface area contributed by atoms with Crippen LogP contribution in [0.1, 0.15) is 9.67 Å². The number of halogens is 3. The summed E-state index contributed by atoms with van der Waals surface area (Å²) in [4.78, 5) is 12.2. The Morgan fingerprint density at radius 3 is 2.43 bits per heavy atom. The monoisotopic (exact) mass is 336 g/mol. The van der Waals surface area contributed by atoms with Crippen molar-refractivity contribution >= 4 is 27.3 Å². The van der Waals surface area contributed by atoms with Crippen LogP contribution < -0.4 is 10.3 Å². The van der Waals surface area contributed by atoms with E-state index in [1.807, 2.05) is 5.43 Å². The zero-order valence-electron chi connectivity index (χ0n) is 10.1. The number of thiophene rings is 1. The van der Waals surface area contributed by atoms with Crippen molar-refractivity contribution in [3.8, 4) is 0 Å². The molecule has 0 aliphatic rings. The number of benzene rings is 1. The first kappa shape index (κ1) is 15.5. The molecule has 10 heteroatoms. The minimum absolute atomic E-state index is 0.212. The van der Waals surface area contributed by atoms with Gasteiger partial charge in [0, 0.05) is 0 Å². The van der Waals surface area contributed by atoms with Gasteiger partial charge in [-0.15, -0.1) is 16.2 Å². The Kier molecular flexibility index (Phi) is 4.30. The number of hydrogen-bond acceptors (Lipinski definition) is 4. The Labute approximate surface area is 121 Å². The maximum Gasteiger partial charge on any atom is 0.276 e. The molecule has 112 valence electrons. The second kappa shape index (κ2) is 5.84. The molecular weight excluding hydrogens is 329 g/mol. The minimum atomic E-state index is -4.58. The molecule has 1 aromatic heterocycles. The lowest BCUT2D eigenvalue weighted by Gasteiger charge is -2.09. The molecule has 0 bridgehead atoms. The van der Waals surface area contributed by atoms with Crippen LogP contribution in [0.3, 0.4) is 0 Å². The van der Waals surface area contributed by atoms with Gasteiger partial charge in [0.15, 0.2) is 17.5 Å². The first-order valence-electron chi connectivity index (χ1n) is 5.32. The Balaban J connectivity index is 2.20. The fourth-order valence-electron chi connectivity index (χ4n) is 1.35. The summed E-state index contributed by atoms with van der Waals surface area (Å²) in [7, 11) is -4.58. The molecule has 1 heterocycles. The zero-order valence-corrected chi connectivity index (χ0v) is 11.7. The number of sulfonamides is 1. The highest BCUT2D eigenvalue weighted by Crippen LogP contribution is 2.19. The Morgan fingerprint density at radius 2 is 1.81 bits per heavy atom. The van der Waals surface area contributed by atoms with E-state index in [4.69, 9.17) is 0 Å². The number of hydrogen-bond donors (Lipinski definition) is 2. The van der Waals surface area contributed by atoms with Gasteiger partial charge < -0.3 is 0 Å². The lowest BCUT2D eigenvalue weighted by Crippen LogP contribution is -2.41. The van der Waals surface area contributed by atoms with Crippen molar-refractivity contribution in [1.82, 2.24) is 10.3 Å². The number of carbonyl (C=O) groups is 1. The van der Waals surface area contributed by atoms with Crippen molar-refractivity contribution in [3.05, 3.63) is 52.0 Å². The molecule has 21 heavy (non-hydrogen) atoms. The molecule has 2 N–H and O–H groups in total. The van der Waals surface area contributed by atoms with E-state index in [2.05, 4.69) is 0 Å². The molecule has 0 radical (unpaired) electrons. The van der Waals surface area contributed by atoms with Gasteiger partial charge in [0.25, 0.3) is 15.9 Å². The van der Waals surface area contributed by atoms with Crippen molar-refractivity contribution in [3.63, 3.8) is 0 Å². The normalized spacial score (nSPS) is 11.4. The van der Waals surface area contributed by atoms with E-state index in [0.29, 0.717) is 12.1 Å². The molecule has 0 unspecified atom stereocenters. The third kappa shape index (κ3) is 3.23. The van der Waals surface area contributed by atoms with E-state index in [0.717, 1.165) is 11.3 Å². The van der Waals surface area contributed by atoms with Crippen LogP contribution in [0.5, 0.6) is 0 Å². The van der Waals surface area contributed by atoms with E-state index in [9.17, 15) is 26.4 Å². The van der Waals surface area contributed by atoms with Crippen LogP contribution in [0.2, 0.25) is 0 Å². The van der Waals surface area contributed by atoms with Crippen molar-refractivity contribution in [2.24, 2.45) is 0 Å². The smallest absolute Gasteiger partial charge is 0.273 e. The lowest BCUT2D eigenvalue weighted by molar-refractivity contribution is 0.0949. The summed E-state index contributed by atoms with van der Waals surface area (Å²) < 4.78 is 62.7. The Bertz CT molecular complexity index is 776. The molecule has 2 aromatic rings. The average Bonchev–Trinajstić information content (AvgIpc) is 2.96. The van der Waals surface area contributed by atoms with Crippen LogP contribution in [0.25, 0.3) is 0 Å². The molecule has 0 saturated heterocycles. The van der Waals surface area contributed by atoms with E-state index in [-0.39, 0.29) is 4.88 Å². The van der Waals surface area contributed by atoms with Gasteiger partial charge in [0.1, 0.15) is 4.90 Å². The highest BCUT2D eigenvalue weighted by atomic mass is 32.2. The number of amides is 1. The summed E-state index contributed by atoms with van der Waals surface area (Å²) in [5.41, 5.74) is 1.84. The van der Waals surface area contributed by atoms with Crippen molar-refractivity contribution in [2.75, 3.05) is 0 Å². The average molecular weight is 336 g/mol. The highest BCUT2D eigenvalue weighted by molar-refractivity contribution is 7.89. The highest BCUT2D eigenvalue weighted by Gasteiger charge is 2.24. The molecule has 2 rings (SSSR count). The maximum absolute atomic E-state index is 13.4. The van der Waals surface area contributed by atoms with E-state index < -0.39 is 38.3 Å². The second-order valence-corrected chi connectivity index (χ2v) is 6.31. The van der Waals surface area contributed by atoms with Crippen LogP contribution in [0.4, 0.5) is 13.2 Å². The SMILES string of the molecule is O=C(NNS(=O)(=O)c1ccc(F)c(F)c1F)c1cccs1. The molecule has 1 aromatic carbocycles. The van der Waals surface area contributed by atoms with Crippen LogP contribution >= 0.6 is 11.3 Å². The lowest BCUT2D eigenvalue weighted by atomic mass is 10.3. The van der Waals surface area contributed by atoms with Crippen LogP contribution in [-0.2, 0) is 10.0 Å². The Morgan fingerprint density at radius 1 is 1.10 bits per heavy atom. The fraction of sp³-hybridized carbons (Fsp3) is 0. The summed E-state index contributed by atoms with van der Waals surface area (Å²) in [6.07, 6.45) is 0. The molecule has 0 spiro atoms. The maximum atomic E-state index is 13.4. The van der Waals surface area contributed by atoms with Gasteiger partial charge in [-0.1, -0.05) is 6.07 Å². The molecule has 0 aliphatic carbocycles. The topological polar surface area (TPSA) is 75.3 Å². The predicted molar refractivity (Wildman–Crippen MR) is 68.4 cm³/mol. The van der Waals surface area contributed by atoms with Crippen molar-refractivity contribution in [2.45, 2.75) is 4.90 Å². The fourth-order valence-corrected chi connectivity index (χ4v) is 2.88. The number of carbonyl (C=O) groups excluding carboxylic acids is 1. The minimum Gasteiger partial charge on any atom is -0.273 e. The molecular formula is C11H7F3N2O3S2. The van der Waals surface area contributed by atoms with Gasteiger partial charge in [-0.05, 0) is 23.6 Å². The Hall–Kier alpha value is -1.91. The van der Waals surface area contributed by atoms with E-state index in [1.54, 1.807) is 16.3 Å². The van der Waals surface area contributed by atoms with Crippen molar-refractivity contribution in [1.29, 1.82) is 0 Å². The third-order valence-electron chi connectivity index (χ3n) is 2.33. The van der Waals surface area contributed by atoms with Gasteiger partial charge in [-0.3, -0.25) is 10.2 Å². The largest absolute Gasteiger partial charge is 0.276 e. The summed E-state index contributed by atoms with van der Waals surface area (Å²) in [6, 6.07) is 4.02. The third-order valence-corrected chi connectivity index (χ3v) is 4.47. The van der Waals surface area contributed by atoms with E-state index >= 15 is 0 Å². The molecule has 0 fully saturated rings. The van der Waals surface area contributed by atoms with Crippen LogP contribution in [-0.4, -0.2) is 14.3 Å². The molecule has 0 atom stereocenters. The molecule has 5 nitrogen and oxygen atoms in total. The van der Waals surface area contributed by atoms with E-state index in [1.165, 1.54) is 6.07 Å². The molecule has 0 saturated carbocycles. The van der Waals surface area contributed by atoms with Gasteiger partial charge in [-0.25, -0.2) is 21.6 Å². The first-order valence-corrected chi connectivity index (χ1v) is 7.68. The van der Waals surface area contributed by atoms with Crippen LogP contribution in [0, 0.1) is 17.5 Å². The van der Waals surface area contributed by atoms with Gasteiger partial charge in [0.05, 0.1) is 4.88 Å². The summed E-state index contributed by atoms with van der Waals surface area (Å²) >= 11 is 1.05. The predicted octanol–water partition coefficient (Wildman–Crippen LogP) is 1.79. The number of nitrogens with one attached hydrogen (secondary N) is 2. The molecule has 0 aliphatic heterocycles. The van der Waals surface area contributed by atoms with Crippen LogP contribution in [0.15, 0.2) is 34.5 Å². The first-order chi connectivity index (χ1) is 9.83. The second-order valence-electron chi connectivity index (χ2n) is 3.71. The summed E-state index contributed by atoms with van der Waals surface area (Å²) in [6.45, 7) is 0. The van der Waals surface area contributed by atoms with Gasteiger partial charge in [0.2, 0.25) is 0 Å². The number of hydrazine groups is 1. The molecule has 1 amide bonds. The van der Waals surface area contributed by atoms with Crippen molar-refractivity contribution < 1.29 is 26.4 Å². The number of rotatable bonds is 4.